The van der Waals surface area contributed by atoms with Crippen molar-refractivity contribution in [3.8, 4) is 0 Å². The lowest BCUT2D eigenvalue weighted by atomic mass is 9.99. The number of likely N-dealkylation sites (tertiary alicyclic amines) is 1. The van der Waals surface area contributed by atoms with Crippen LogP contribution in [0.1, 0.15) is 46.5 Å². The number of imidazole rings is 1. The van der Waals surface area contributed by atoms with Crippen molar-refractivity contribution in [2.24, 2.45) is 0 Å². The molecule has 1 atom stereocenters. The van der Waals surface area contributed by atoms with Gasteiger partial charge in [-0.3, -0.25) is 4.79 Å². The third-order valence-electron chi connectivity index (χ3n) is 6.32. The van der Waals surface area contributed by atoms with E-state index in [1.165, 1.54) is 6.07 Å². The number of aromatic amines is 1. The highest BCUT2D eigenvalue weighted by Gasteiger charge is 2.34. The van der Waals surface area contributed by atoms with Crippen molar-refractivity contribution < 1.29 is 9.18 Å². The summed E-state index contributed by atoms with van der Waals surface area (Å²) in [6.07, 6.45) is 6.24. The van der Waals surface area contributed by atoms with Gasteiger partial charge in [-0.25, -0.2) is 18.9 Å². The summed E-state index contributed by atoms with van der Waals surface area (Å²) in [5, 5.41) is 4.65. The summed E-state index contributed by atoms with van der Waals surface area (Å²) in [5.41, 5.74) is 3.42. The van der Waals surface area contributed by atoms with Crippen LogP contribution < -0.4 is 4.90 Å². The molecule has 1 saturated heterocycles. The molecule has 6 rings (SSSR count). The van der Waals surface area contributed by atoms with E-state index in [1.54, 1.807) is 35.2 Å². The van der Waals surface area contributed by atoms with E-state index in [-0.39, 0.29) is 17.8 Å². The Hall–Kier alpha value is -3.75. The highest BCUT2D eigenvalue weighted by Crippen LogP contribution is 2.36. The number of anilines is 1. The summed E-state index contributed by atoms with van der Waals surface area (Å²) in [7, 11) is 0. The SMILES string of the molecule is O=C(c1cccc(N2CCc3[nH]cnc3[C@@H]2c2cc3c(F)cccn3n2)n1)N1CCCC1. The number of amides is 1. The van der Waals surface area contributed by atoms with Gasteiger partial charge in [-0.05, 0) is 43.2 Å². The molecular formula is C23H22FN7O. The largest absolute Gasteiger partial charge is 0.348 e. The van der Waals surface area contributed by atoms with Gasteiger partial charge in [0, 0.05) is 37.9 Å². The molecule has 0 saturated carbocycles. The fourth-order valence-corrected chi connectivity index (χ4v) is 4.74. The quantitative estimate of drug-likeness (QED) is 0.539. The molecule has 32 heavy (non-hydrogen) atoms. The zero-order valence-electron chi connectivity index (χ0n) is 17.4. The van der Waals surface area contributed by atoms with Crippen LogP contribution in [0.4, 0.5) is 10.2 Å². The summed E-state index contributed by atoms with van der Waals surface area (Å²) < 4.78 is 15.9. The fourth-order valence-electron chi connectivity index (χ4n) is 4.74. The second-order valence-electron chi connectivity index (χ2n) is 8.25. The predicted octanol–water partition coefficient (Wildman–Crippen LogP) is 2.98. The smallest absolute Gasteiger partial charge is 0.272 e. The number of pyridine rings is 2. The molecule has 0 aromatic carbocycles. The topological polar surface area (TPSA) is 82.4 Å². The van der Waals surface area contributed by atoms with Gasteiger partial charge < -0.3 is 14.8 Å². The van der Waals surface area contributed by atoms with Crippen LogP contribution in [0, 0.1) is 5.82 Å². The van der Waals surface area contributed by atoms with Gasteiger partial charge in [-0.15, -0.1) is 0 Å². The Morgan fingerprint density at radius 2 is 2.00 bits per heavy atom. The maximum absolute atomic E-state index is 14.4. The van der Waals surface area contributed by atoms with Gasteiger partial charge in [0.15, 0.2) is 0 Å². The van der Waals surface area contributed by atoms with Crippen LogP contribution in [0.2, 0.25) is 0 Å². The molecule has 6 heterocycles. The molecule has 8 nitrogen and oxygen atoms in total. The van der Waals surface area contributed by atoms with Crippen LogP contribution in [-0.4, -0.2) is 55.0 Å². The standard InChI is InChI=1S/C23H22FN7O/c24-15-5-4-11-31-19(15)13-18(28-31)22-21-16(25-14-26-21)8-12-30(22)20-7-3-6-17(27-20)23(32)29-9-1-2-10-29/h3-7,11,13-14,22H,1-2,8-10,12H2,(H,25,26)/t22-/m0/s1. The number of nitrogens with one attached hydrogen (secondary N) is 1. The minimum atomic E-state index is -0.339. The van der Waals surface area contributed by atoms with E-state index >= 15 is 0 Å². The van der Waals surface area contributed by atoms with E-state index in [2.05, 4.69) is 20.0 Å². The molecule has 2 aliphatic rings. The summed E-state index contributed by atoms with van der Waals surface area (Å²) in [6, 6.07) is 10.0. The Balaban J connectivity index is 1.43. The van der Waals surface area contributed by atoms with Crippen LogP contribution in [0.5, 0.6) is 0 Å². The average molecular weight is 431 g/mol. The van der Waals surface area contributed by atoms with Gasteiger partial charge in [0.25, 0.3) is 5.91 Å². The highest BCUT2D eigenvalue weighted by molar-refractivity contribution is 5.92. The van der Waals surface area contributed by atoms with Gasteiger partial charge in [-0.1, -0.05) is 6.07 Å². The normalized spacial score (nSPS) is 18.3. The first-order valence-electron chi connectivity index (χ1n) is 10.9. The molecule has 0 aliphatic carbocycles. The Kier molecular flexibility index (Phi) is 4.41. The van der Waals surface area contributed by atoms with Crippen LogP contribution in [-0.2, 0) is 6.42 Å². The van der Waals surface area contributed by atoms with Crippen molar-refractivity contribution in [3.05, 3.63) is 77.5 Å². The number of carbonyl (C=O) groups is 1. The lowest BCUT2D eigenvalue weighted by Crippen LogP contribution is -2.37. The van der Waals surface area contributed by atoms with E-state index in [0.717, 1.165) is 43.7 Å². The minimum absolute atomic E-state index is 0.0341. The number of halogens is 1. The third kappa shape index (κ3) is 3.04. The zero-order chi connectivity index (χ0) is 21.7. The van der Waals surface area contributed by atoms with E-state index in [9.17, 15) is 9.18 Å². The first kappa shape index (κ1) is 19.0. The highest BCUT2D eigenvalue weighted by atomic mass is 19.1. The zero-order valence-corrected chi connectivity index (χ0v) is 17.4. The molecule has 162 valence electrons. The Bertz CT molecular complexity index is 1310. The Morgan fingerprint density at radius 1 is 1.12 bits per heavy atom. The first-order chi connectivity index (χ1) is 15.7. The van der Waals surface area contributed by atoms with Gasteiger partial charge in [0.05, 0.1) is 17.7 Å². The molecular weight excluding hydrogens is 409 g/mol. The second-order valence-corrected chi connectivity index (χ2v) is 8.25. The van der Waals surface area contributed by atoms with E-state index in [4.69, 9.17) is 4.98 Å². The number of carbonyl (C=O) groups excluding carboxylic acids is 1. The molecule has 2 aliphatic heterocycles. The Labute approximate surface area is 183 Å². The van der Waals surface area contributed by atoms with Crippen molar-refractivity contribution >= 4 is 17.2 Å². The number of hydrogen-bond acceptors (Lipinski definition) is 5. The lowest BCUT2D eigenvalue weighted by molar-refractivity contribution is 0.0787. The van der Waals surface area contributed by atoms with Crippen LogP contribution in [0.15, 0.2) is 48.9 Å². The van der Waals surface area contributed by atoms with Crippen molar-refractivity contribution in [1.29, 1.82) is 0 Å². The van der Waals surface area contributed by atoms with E-state index < -0.39 is 0 Å². The number of aromatic nitrogens is 5. The number of hydrogen-bond donors (Lipinski definition) is 1. The van der Waals surface area contributed by atoms with Gasteiger partial charge >= 0.3 is 0 Å². The second kappa shape index (κ2) is 7.44. The number of rotatable bonds is 3. The summed E-state index contributed by atoms with van der Waals surface area (Å²) in [4.78, 5) is 29.4. The molecule has 1 amide bonds. The van der Waals surface area contributed by atoms with E-state index in [0.29, 0.717) is 29.3 Å². The van der Waals surface area contributed by atoms with Crippen LogP contribution >= 0.6 is 0 Å². The molecule has 4 aromatic heterocycles. The monoisotopic (exact) mass is 431 g/mol. The van der Waals surface area contributed by atoms with Crippen LogP contribution in [0.25, 0.3) is 5.52 Å². The molecule has 1 N–H and O–H groups in total. The number of H-pyrrole nitrogens is 1. The van der Waals surface area contributed by atoms with Gasteiger partial charge in [-0.2, -0.15) is 5.10 Å². The first-order valence-corrected chi connectivity index (χ1v) is 10.9. The maximum atomic E-state index is 14.4. The van der Waals surface area contributed by atoms with Crippen LogP contribution in [0.3, 0.4) is 0 Å². The predicted molar refractivity (Wildman–Crippen MR) is 116 cm³/mol. The third-order valence-corrected chi connectivity index (χ3v) is 6.32. The molecule has 9 heteroatoms. The van der Waals surface area contributed by atoms with Crippen molar-refractivity contribution in [1.82, 2.24) is 29.5 Å². The van der Waals surface area contributed by atoms with E-state index in [1.807, 2.05) is 17.0 Å². The molecule has 0 bridgehead atoms. The summed E-state index contributed by atoms with van der Waals surface area (Å²) in [5.74, 6) is 0.326. The fraction of sp³-hybridized carbons (Fsp3) is 0.304. The molecule has 0 radical (unpaired) electrons. The van der Waals surface area contributed by atoms with Crippen molar-refractivity contribution in [2.75, 3.05) is 24.5 Å². The van der Waals surface area contributed by atoms with Gasteiger partial charge in [0.2, 0.25) is 0 Å². The minimum Gasteiger partial charge on any atom is -0.348 e. The summed E-state index contributed by atoms with van der Waals surface area (Å²) in [6.45, 7) is 2.23. The lowest BCUT2D eigenvalue weighted by Gasteiger charge is -2.35. The maximum Gasteiger partial charge on any atom is 0.272 e. The molecule has 0 unspecified atom stereocenters. The summed E-state index contributed by atoms with van der Waals surface area (Å²) >= 11 is 0. The molecule has 0 spiro atoms. The van der Waals surface area contributed by atoms with Crippen molar-refractivity contribution in [3.63, 3.8) is 0 Å². The number of fused-ring (bicyclic) bond motifs is 2. The Morgan fingerprint density at radius 3 is 2.84 bits per heavy atom. The van der Waals surface area contributed by atoms with Crippen molar-refractivity contribution in [2.45, 2.75) is 25.3 Å². The van der Waals surface area contributed by atoms with Gasteiger partial charge in [0.1, 0.15) is 28.9 Å². The molecule has 1 fully saturated rings. The average Bonchev–Trinajstić information content (AvgIpc) is 3.58. The number of nitrogens with zero attached hydrogens (tertiary/aromatic N) is 6. The molecule has 4 aromatic rings.